The molecule has 6 heteroatoms. The molecule has 0 aliphatic carbocycles. The van der Waals surface area contributed by atoms with Crippen LogP contribution in [0.15, 0.2) is 23.2 Å². The molecule has 1 amide bonds. The molecular formula is C10H7N3O2S. The van der Waals surface area contributed by atoms with Gasteiger partial charge in [0.05, 0.1) is 16.8 Å². The summed E-state index contributed by atoms with van der Waals surface area (Å²) in [6, 6.07) is 4.88. The molecule has 1 aromatic heterocycles. The number of aromatic hydroxyl groups is 1. The minimum atomic E-state index is -0.136. The molecular weight excluding hydrogens is 226 g/mol. The molecule has 80 valence electrons. The summed E-state index contributed by atoms with van der Waals surface area (Å²) in [5.41, 5.74) is 1.48. The van der Waals surface area contributed by atoms with Crippen molar-refractivity contribution in [3.63, 3.8) is 0 Å². The normalized spacial score (nSPS) is 15.8. The fourth-order valence-corrected chi connectivity index (χ4v) is 2.25. The summed E-state index contributed by atoms with van der Waals surface area (Å²) in [7, 11) is 0. The van der Waals surface area contributed by atoms with Crippen LogP contribution in [0.5, 0.6) is 5.75 Å². The first-order valence-corrected chi connectivity index (χ1v) is 5.64. The molecule has 1 aliphatic heterocycles. The van der Waals surface area contributed by atoms with Gasteiger partial charge in [0.1, 0.15) is 10.8 Å². The Kier molecular flexibility index (Phi) is 1.97. The van der Waals surface area contributed by atoms with Gasteiger partial charge in [-0.2, -0.15) is 0 Å². The summed E-state index contributed by atoms with van der Waals surface area (Å²) in [5.74, 6) is 0.997. The summed E-state index contributed by atoms with van der Waals surface area (Å²) < 4.78 is 0. The molecule has 0 spiro atoms. The molecule has 2 aromatic rings. The van der Waals surface area contributed by atoms with E-state index in [1.807, 2.05) is 0 Å². The van der Waals surface area contributed by atoms with Crippen LogP contribution in [0.3, 0.4) is 0 Å². The highest BCUT2D eigenvalue weighted by molar-refractivity contribution is 8.15. The monoisotopic (exact) mass is 233 g/mol. The Morgan fingerprint density at radius 1 is 1.44 bits per heavy atom. The van der Waals surface area contributed by atoms with Crippen LogP contribution in [0.25, 0.3) is 11.0 Å². The van der Waals surface area contributed by atoms with Crippen LogP contribution in [-0.2, 0) is 4.79 Å². The molecule has 0 fully saturated rings. The summed E-state index contributed by atoms with van der Waals surface area (Å²) in [5, 5.41) is 9.92. The number of fused-ring (bicyclic) bond motifs is 1. The topological polar surface area (TPSA) is 78.3 Å². The van der Waals surface area contributed by atoms with Crippen molar-refractivity contribution in [3.05, 3.63) is 24.0 Å². The molecule has 5 nitrogen and oxygen atoms in total. The highest BCUT2D eigenvalue weighted by Crippen LogP contribution is 2.22. The van der Waals surface area contributed by atoms with E-state index >= 15 is 0 Å². The van der Waals surface area contributed by atoms with Gasteiger partial charge in [0.2, 0.25) is 0 Å². The number of aromatic nitrogens is 2. The van der Waals surface area contributed by atoms with Gasteiger partial charge in [0.15, 0.2) is 5.82 Å². The van der Waals surface area contributed by atoms with Crippen molar-refractivity contribution in [2.24, 2.45) is 4.99 Å². The first-order valence-electron chi connectivity index (χ1n) is 4.66. The van der Waals surface area contributed by atoms with Crippen LogP contribution < -0.4 is 0 Å². The number of aliphatic imine (C=N–C) groups is 1. The first-order chi connectivity index (χ1) is 7.72. The smallest absolute Gasteiger partial charge is 0.257 e. The molecule has 0 unspecified atom stereocenters. The van der Waals surface area contributed by atoms with Crippen molar-refractivity contribution in [1.29, 1.82) is 0 Å². The molecule has 0 bridgehead atoms. The first kappa shape index (κ1) is 9.41. The number of phenols is 1. The molecule has 2 heterocycles. The number of carbonyl (C=O) groups is 1. The van der Waals surface area contributed by atoms with Gasteiger partial charge in [0, 0.05) is 6.07 Å². The zero-order valence-electron chi connectivity index (χ0n) is 8.10. The minimum Gasteiger partial charge on any atom is -0.508 e. The Hall–Kier alpha value is -1.82. The van der Waals surface area contributed by atoms with E-state index in [1.54, 1.807) is 18.2 Å². The van der Waals surface area contributed by atoms with E-state index in [1.165, 1.54) is 11.8 Å². The number of nitrogens with one attached hydrogen (secondary N) is 1. The maximum atomic E-state index is 11.0. The number of hydrogen-bond acceptors (Lipinski definition) is 4. The summed E-state index contributed by atoms with van der Waals surface area (Å²) in [6.07, 6.45) is 0. The third kappa shape index (κ3) is 1.47. The van der Waals surface area contributed by atoms with Crippen molar-refractivity contribution >= 4 is 33.7 Å². The molecule has 0 saturated heterocycles. The Morgan fingerprint density at radius 3 is 3.06 bits per heavy atom. The van der Waals surface area contributed by atoms with E-state index in [0.717, 1.165) is 11.0 Å². The van der Waals surface area contributed by atoms with Gasteiger partial charge in [0.25, 0.3) is 5.91 Å². The van der Waals surface area contributed by atoms with Crippen LogP contribution in [0, 0.1) is 0 Å². The minimum absolute atomic E-state index is 0.136. The number of imidazole rings is 1. The fourth-order valence-electron chi connectivity index (χ4n) is 1.53. The molecule has 3 rings (SSSR count). The lowest BCUT2D eigenvalue weighted by atomic mass is 10.3. The molecule has 0 saturated carbocycles. The number of hydrogen-bond donors (Lipinski definition) is 2. The lowest BCUT2D eigenvalue weighted by Crippen LogP contribution is -1.94. The number of H-pyrrole nitrogens is 1. The van der Waals surface area contributed by atoms with Gasteiger partial charge < -0.3 is 10.1 Å². The van der Waals surface area contributed by atoms with E-state index in [-0.39, 0.29) is 11.7 Å². The highest BCUT2D eigenvalue weighted by Gasteiger charge is 2.19. The number of thioether (sulfide) groups is 1. The van der Waals surface area contributed by atoms with E-state index in [9.17, 15) is 9.90 Å². The van der Waals surface area contributed by atoms with Gasteiger partial charge in [-0.05, 0) is 12.1 Å². The number of carbonyl (C=O) groups excluding carboxylic acids is 1. The molecule has 1 aliphatic rings. The van der Waals surface area contributed by atoms with Crippen molar-refractivity contribution < 1.29 is 9.90 Å². The van der Waals surface area contributed by atoms with Crippen LogP contribution >= 0.6 is 11.8 Å². The van der Waals surface area contributed by atoms with Gasteiger partial charge in [-0.15, -0.1) is 0 Å². The SMILES string of the molecule is O=C1CSC(c2nc3ccc(O)cc3[nH]2)=N1. The summed E-state index contributed by atoms with van der Waals surface area (Å²) >= 11 is 1.37. The Bertz CT molecular complexity index is 618. The van der Waals surface area contributed by atoms with E-state index < -0.39 is 0 Å². The molecule has 1 aromatic carbocycles. The number of phenolic OH excluding ortho intramolecular Hbond substituents is 1. The standard InChI is InChI=1S/C10H7N3O2S/c14-5-1-2-6-7(3-5)12-9(11-6)10-13-8(15)4-16-10/h1-3,14H,4H2,(H,11,12). The fraction of sp³-hybridized carbons (Fsp3) is 0.100. The number of aromatic amines is 1. The largest absolute Gasteiger partial charge is 0.508 e. The van der Waals surface area contributed by atoms with Crippen molar-refractivity contribution in [2.45, 2.75) is 0 Å². The lowest BCUT2D eigenvalue weighted by molar-refractivity contribution is -0.115. The average Bonchev–Trinajstić information content (AvgIpc) is 2.83. The van der Waals surface area contributed by atoms with Crippen molar-refractivity contribution in [3.8, 4) is 5.75 Å². The molecule has 0 atom stereocenters. The summed E-state index contributed by atoms with van der Waals surface area (Å²) in [6.45, 7) is 0. The second-order valence-corrected chi connectivity index (χ2v) is 4.35. The van der Waals surface area contributed by atoms with Crippen LogP contribution in [0.1, 0.15) is 5.82 Å². The van der Waals surface area contributed by atoms with Gasteiger partial charge in [-0.1, -0.05) is 11.8 Å². The zero-order chi connectivity index (χ0) is 11.1. The van der Waals surface area contributed by atoms with Gasteiger partial charge >= 0.3 is 0 Å². The van der Waals surface area contributed by atoms with Crippen LogP contribution in [-0.4, -0.2) is 31.8 Å². The molecule has 0 radical (unpaired) electrons. The maximum Gasteiger partial charge on any atom is 0.257 e. The second-order valence-electron chi connectivity index (χ2n) is 3.39. The quantitative estimate of drug-likeness (QED) is 0.778. The van der Waals surface area contributed by atoms with Crippen LogP contribution in [0.4, 0.5) is 0 Å². The number of rotatable bonds is 1. The van der Waals surface area contributed by atoms with Crippen molar-refractivity contribution in [2.75, 3.05) is 5.75 Å². The van der Waals surface area contributed by atoms with E-state index in [2.05, 4.69) is 15.0 Å². The maximum absolute atomic E-state index is 11.0. The third-order valence-electron chi connectivity index (χ3n) is 2.23. The second kappa shape index (κ2) is 3.34. The number of amides is 1. The zero-order valence-corrected chi connectivity index (χ0v) is 8.91. The predicted molar refractivity (Wildman–Crippen MR) is 61.8 cm³/mol. The Balaban J connectivity index is 2.12. The predicted octanol–water partition coefficient (Wildman–Crippen LogP) is 1.29. The molecule has 16 heavy (non-hydrogen) atoms. The number of benzene rings is 1. The summed E-state index contributed by atoms with van der Waals surface area (Å²) in [4.78, 5) is 22.2. The van der Waals surface area contributed by atoms with E-state index in [0.29, 0.717) is 16.6 Å². The third-order valence-corrected chi connectivity index (χ3v) is 3.18. The van der Waals surface area contributed by atoms with Gasteiger partial charge in [-0.3, -0.25) is 4.79 Å². The Labute approximate surface area is 94.6 Å². The van der Waals surface area contributed by atoms with Gasteiger partial charge in [-0.25, -0.2) is 9.98 Å². The highest BCUT2D eigenvalue weighted by atomic mass is 32.2. The Morgan fingerprint density at radius 2 is 2.31 bits per heavy atom. The number of nitrogens with zero attached hydrogens (tertiary/aromatic N) is 2. The molecule has 2 N–H and O–H groups in total. The van der Waals surface area contributed by atoms with Crippen molar-refractivity contribution in [1.82, 2.24) is 9.97 Å². The van der Waals surface area contributed by atoms with Crippen LogP contribution in [0.2, 0.25) is 0 Å². The van der Waals surface area contributed by atoms with E-state index in [4.69, 9.17) is 0 Å². The lowest BCUT2D eigenvalue weighted by Gasteiger charge is -1.89. The average molecular weight is 233 g/mol.